The van der Waals surface area contributed by atoms with E-state index in [2.05, 4.69) is 5.32 Å². The molecule has 2 aromatic rings. The van der Waals surface area contributed by atoms with Gasteiger partial charge >= 0.3 is 0 Å². The van der Waals surface area contributed by atoms with Crippen molar-refractivity contribution in [2.24, 2.45) is 0 Å². The molecule has 0 bridgehead atoms. The summed E-state index contributed by atoms with van der Waals surface area (Å²) in [6.07, 6.45) is 0.512. The second-order valence-electron chi connectivity index (χ2n) is 4.80. The molecule has 0 aliphatic rings. The maximum atomic E-state index is 11.7. The van der Waals surface area contributed by atoms with Crippen molar-refractivity contribution < 1.29 is 19.1 Å². The highest BCUT2D eigenvalue weighted by atomic mass is 35.5. The molecule has 0 saturated heterocycles. The van der Waals surface area contributed by atoms with Gasteiger partial charge in [-0.1, -0.05) is 11.6 Å². The van der Waals surface area contributed by atoms with Crippen molar-refractivity contribution in [2.45, 2.75) is 20.0 Å². The van der Waals surface area contributed by atoms with Crippen LogP contribution in [-0.2, 0) is 6.61 Å². The molecule has 1 aromatic carbocycles. The van der Waals surface area contributed by atoms with E-state index in [1.807, 2.05) is 13.0 Å². The predicted octanol–water partition coefficient (Wildman–Crippen LogP) is 2.93. The first-order valence-electron chi connectivity index (χ1n) is 6.97. The van der Waals surface area contributed by atoms with Crippen molar-refractivity contribution in [3.63, 3.8) is 0 Å². The van der Waals surface area contributed by atoms with Crippen molar-refractivity contribution in [2.75, 3.05) is 13.2 Å². The first-order valence-corrected chi connectivity index (χ1v) is 7.34. The number of ether oxygens (including phenoxy) is 1. The molecule has 0 radical (unpaired) electrons. The van der Waals surface area contributed by atoms with E-state index in [1.165, 1.54) is 0 Å². The fourth-order valence-electron chi connectivity index (χ4n) is 1.81. The second kappa shape index (κ2) is 7.87. The normalized spacial score (nSPS) is 10.5. The van der Waals surface area contributed by atoms with Crippen molar-refractivity contribution >= 4 is 17.5 Å². The zero-order chi connectivity index (χ0) is 15.9. The molecule has 5 nitrogen and oxygen atoms in total. The van der Waals surface area contributed by atoms with Gasteiger partial charge in [-0.05, 0) is 49.2 Å². The molecule has 0 unspecified atom stereocenters. The highest BCUT2D eigenvalue weighted by molar-refractivity contribution is 6.31. The quantitative estimate of drug-likeness (QED) is 0.768. The summed E-state index contributed by atoms with van der Waals surface area (Å²) in [5, 5.41) is 12.0. The lowest BCUT2D eigenvalue weighted by atomic mass is 10.2. The van der Waals surface area contributed by atoms with Crippen molar-refractivity contribution in [3.05, 3.63) is 52.4 Å². The van der Waals surface area contributed by atoms with Gasteiger partial charge in [0.2, 0.25) is 0 Å². The molecule has 1 aromatic heterocycles. The van der Waals surface area contributed by atoms with Crippen LogP contribution in [-0.4, -0.2) is 24.2 Å². The summed E-state index contributed by atoms with van der Waals surface area (Å²) in [6, 6.07) is 8.69. The third kappa shape index (κ3) is 4.51. The summed E-state index contributed by atoms with van der Waals surface area (Å²) >= 11 is 5.95. The van der Waals surface area contributed by atoms with Gasteiger partial charge in [0.05, 0.1) is 0 Å². The number of aryl methyl sites for hydroxylation is 1. The lowest BCUT2D eigenvalue weighted by Crippen LogP contribution is -2.24. The number of aliphatic hydroxyl groups is 1. The summed E-state index contributed by atoms with van der Waals surface area (Å²) in [5.41, 5.74) is 0.933. The molecule has 1 amide bonds. The van der Waals surface area contributed by atoms with Crippen molar-refractivity contribution in [1.82, 2.24) is 5.32 Å². The number of carbonyl (C=O) groups excluding carboxylic acids is 1. The first kappa shape index (κ1) is 16.4. The van der Waals surface area contributed by atoms with Gasteiger partial charge in [-0.2, -0.15) is 0 Å². The number of aliphatic hydroxyl groups excluding tert-OH is 1. The van der Waals surface area contributed by atoms with E-state index in [9.17, 15) is 4.79 Å². The molecule has 2 rings (SSSR count). The zero-order valence-electron chi connectivity index (χ0n) is 12.3. The Balaban J connectivity index is 1.88. The highest BCUT2D eigenvalue weighted by Crippen LogP contribution is 2.22. The van der Waals surface area contributed by atoms with E-state index < -0.39 is 0 Å². The number of halogens is 1. The molecule has 0 saturated carbocycles. The van der Waals surface area contributed by atoms with E-state index in [-0.39, 0.29) is 24.9 Å². The van der Waals surface area contributed by atoms with Crippen LogP contribution in [0.15, 0.2) is 34.7 Å². The molecule has 22 heavy (non-hydrogen) atoms. The summed E-state index contributed by atoms with van der Waals surface area (Å²) in [7, 11) is 0. The van der Waals surface area contributed by atoms with Crippen LogP contribution in [0, 0.1) is 6.92 Å². The number of nitrogens with one attached hydrogen (secondary N) is 1. The van der Waals surface area contributed by atoms with Gasteiger partial charge in [-0.15, -0.1) is 0 Å². The van der Waals surface area contributed by atoms with Crippen molar-refractivity contribution in [3.8, 4) is 5.75 Å². The fourth-order valence-corrected chi connectivity index (χ4v) is 1.92. The smallest absolute Gasteiger partial charge is 0.286 e. The van der Waals surface area contributed by atoms with Gasteiger partial charge in [0.15, 0.2) is 5.76 Å². The largest absolute Gasteiger partial charge is 0.486 e. The van der Waals surface area contributed by atoms with E-state index >= 15 is 0 Å². The number of benzene rings is 1. The number of carbonyl (C=O) groups is 1. The molecule has 0 aliphatic carbocycles. The van der Waals surface area contributed by atoms with E-state index in [0.29, 0.717) is 29.5 Å². The molecule has 0 aliphatic heterocycles. The summed E-state index contributed by atoms with van der Waals surface area (Å²) in [5.74, 6) is 1.16. The Morgan fingerprint density at radius 3 is 2.91 bits per heavy atom. The molecular formula is C16H18ClNO4. The third-order valence-corrected chi connectivity index (χ3v) is 3.44. The monoisotopic (exact) mass is 323 g/mol. The van der Waals surface area contributed by atoms with Crippen LogP contribution in [0.25, 0.3) is 0 Å². The Labute approximate surface area is 133 Å². The summed E-state index contributed by atoms with van der Waals surface area (Å²) in [6.45, 7) is 2.58. The predicted molar refractivity (Wildman–Crippen MR) is 83.3 cm³/mol. The van der Waals surface area contributed by atoms with Gasteiger partial charge in [0.25, 0.3) is 5.91 Å². The minimum Gasteiger partial charge on any atom is -0.486 e. The Bertz CT molecular complexity index is 639. The zero-order valence-corrected chi connectivity index (χ0v) is 13.0. The van der Waals surface area contributed by atoms with Crippen LogP contribution in [0.4, 0.5) is 0 Å². The average Bonchev–Trinajstić information content (AvgIpc) is 2.98. The van der Waals surface area contributed by atoms with Gasteiger partial charge < -0.3 is 19.6 Å². The van der Waals surface area contributed by atoms with Crippen LogP contribution in [0.5, 0.6) is 5.75 Å². The standard InChI is InChI=1S/C16H18ClNO4/c1-11-9-12(3-5-14(11)17)21-10-13-4-6-15(22-13)16(20)18-7-2-8-19/h3-6,9,19H,2,7-8,10H2,1H3,(H,18,20). The SMILES string of the molecule is Cc1cc(OCc2ccc(C(=O)NCCCO)o2)ccc1Cl. The molecular weight excluding hydrogens is 306 g/mol. The molecule has 6 heteroatoms. The average molecular weight is 324 g/mol. The van der Waals surface area contributed by atoms with Crippen LogP contribution in [0.1, 0.15) is 28.3 Å². The lowest BCUT2D eigenvalue weighted by molar-refractivity contribution is 0.0919. The number of rotatable bonds is 7. The lowest BCUT2D eigenvalue weighted by Gasteiger charge is -2.06. The number of amides is 1. The molecule has 0 atom stereocenters. The number of hydrogen-bond acceptors (Lipinski definition) is 4. The minimum atomic E-state index is -0.304. The van der Waals surface area contributed by atoms with Gasteiger partial charge in [0, 0.05) is 18.2 Å². The van der Waals surface area contributed by atoms with Crippen LogP contribution in [0.2, 0.25) is 5.02 Å². The summed E-state index contributed by atoms with van der Waals surface area (Å²) < 4.78 is 11.0. The van der Waals surface area contributed by atoms with E-state index in [4.69, 9.17) is 25.9 Å². The Morgan fingerprint density at radius 1 is 1.36 bits per heavy atom. The summed E-state index contributed by atoms with van der Waals surface area (Å²) in [4.78, 5) is 11.7. The Kier molecular flexibility index (Phi) is 5.86. The molecule has 2 N–H and O–H groups in total. The van der Waals surface area contributed by atoms with Gasteiger partial charge in [-0.3, -0.25) is 4.79 Å². The molecule has 0 spiro atoms. The Hall–Kier alpha value is -1.98. The molecule has 118 valence electrons. The topological polar surface area (TPSA) is 71.7 Å². The van der Waals surface area contributed by atoms with Gasteiger partial charge in [0.1, 0.15) is 18.1 Å². The molecule has 1 heterocycles. The van der Waals surface area contributed by atoms with Crippen LogP contribution in [0.3, 0.4) is 0 Å². The fraction of sp³-hybridized carbons (Fsp3) is 0.312. The van der Waals surface area contributed by atoms with Crippen LogP contribution >= 0.6 is 11.6 Å². The molecule has 0 fully saturated rings. The van der Waals surface area contributed by atoms with E-state index in [0.717, 1.165) is 5.56 Å². The Morgan fingerprint density at radius 2 is 2.18 bits per heavy atom. The third-order valence-electron chi connectivity index (χ3n) is 3.02. The van der Waals surface area contributed by atoms with Crippen LogP contribution < -0.4 is 10.1 Å². The number of furan rings is 1. The maximum Gasteiger partial charge on any atom is 0.286 e. The second-order valence-corrected chi connectivity index (χ2v) is 5.21. The van der Waals surface area contributed by atoms with E-state index in [1.54, 1.807) is 24.3 Å². The van der Waals surface area contributed by atoms with Crippen molar-refractivity contribution in [1.29, 1.82) is 0 Å². The first-order chi connectivity index (χ1) is 10.6. The van der Waals surface area contributed by atoms with Gasteiger partial charge in [-0.25, -0.2) is 0 Å². The number of hydrogen-bond donors (Lipinski definition) is 2. The maximum absolute atomic E-state index is 11.7. The highest BCUT2D eigenvalue weighted by Gasteiger charge is 2.11. The minimum absolute atomic E-state index is 0.0397.